The van der Waals surface area contributed by atoms with Gasteiger partial charge >= 0.3 is 11.9 Å². The third kappa shape index (κ3) is 4.03. The fourth-order valence-electron chi connectivity index (χ4n) is 1.77. The Bertz CT molecular complexity index is 800. The van der Waals surface area contributed by atoms with Crippen LogP contribution in [0.4, 0.5) is 0 Å². The lowest BCUT2D eigenvalue weighted by Gasteiger charge is -2.22. The highest BCUT2D eigenvalue weighted by molar-refractivity contribution is 14.1. The van der Waals surface area contributed by atoms with Crippen molar-refractivity contribution in [3.63, 3.8) is 0 Å². The van der Waals surface area contributed by atoms with E-state index in [0.717, 1.165) is 0 Å². The number of rotatable bonds is 2. The minimum absolute atomic E-state index is 0.0837. The van der Waals surface area contributed by atoms with Crippen molar-refractivity contribution in [2.75, 3.05) is 0 Å². The highest BCUT2D eigenvalue weighted by Crippen LogP contribution is 2.29. The van der Waals surface area contributed by atoms with Crippen molar-refractivity contribution in [1.82, 2.24) is 14.6 Å². The molecule has 2 aromatic rings. The van der Waals surface area contributed by atoms with Crippen molar-refractivity contribution in [2.45, 2.75) is 47.1 Å². The molecular weight excluding hydrogens is 425 g/mol. The molecular formula is C16H20IN3O4. The maximum atomic E-state index is 12.6. The zero-order valence-corrected chi connectivity index (χ0v) is 16.7. The lowest BCUT2D eigenvalue weighted by Crippen LogP contribution is -2.28. The monoisotopic (exact) mass is 445 g/mol. The van der Waals surface area contributed by atoms with Gasteiger partial charge in [0.05, 0.1) is 5.41 Å². The van der Waals surface area contributed by atoms with Crippen LogP contribution in [0.3, 0.4) is 0 Å². The predicted molar refractivity (Wildman–Crippen MR) is 96.0 cm³/mol. The summed E-state index contributed by atoms with van der Waals surface area (Å²) in [5.41, 5.74) is -1.04. The van der Waals surface area contributed by atoms with Crippen LogP contribution in [0.25, 0.3) is 5.65 Å². The van der Waals surface area contributed by atoms with Crippen LogP contribution in [-0.4, -0.2) is 32.1 Å². The molecule has 0 saturated carbocycles. The summed E-state index contributed by atoms with van der Waals surface area (Å²) in [6, 6.07) is 1.57. The zero-order valence-electron chi connectivity index (χ0n) is 14.5. The number of pyridine rings is 1. The van der Waals surface area contributed by atoms with E-state index in [4.69, 9.17) is 9.47 Å². The van der Waals surface area contributed by atoms with E-state index in [-0.39, 0.29) is 17.0 Å². The number of hydrogen-bond acceptors (Lipinski definition) is 6. The molecule has 130 valence electrons. The summed E-state index contributed by atoms with van der Waals surface area (Å²) in [6.45, 7) is 10.5. The molecule has 0 N–H and O–H groups in total. The van der Waals surface area contributed by atoms with Crippen molar-refractivity contribution >= 4 is 40.2 Å². The number of fused-ring (bicyclic) bond motifs is 1. The number of esters is 2. The van der Waals surface area contributed by atoms with E-state index in [1.54, 1.807) is 47.6 Å². The lowest BCUT2D eigenvalue weighted by molar-refractivity contribution is -0.143. The Morgan fingerprint density at radius 2 is 1.79 bits per heavy atom. The summed E-state index contributed by atoms with van der Waals surface area (Å²) in [5.74, 6) is -0.949. The maximum Gasteiger partial charge on any atom is 0.346 e. The Morgan fingerprint density at radius 3 is 2.33 bits per heavy atom. The number of hydrogen-bond donors (Lipinski definition) is 0. The average molecular weight is 445 g/mol. The average Bonchev–Trinajstić information content (AvgIpc) is 2.84. The third-order valence-corrected chi connectivity index (χ3v) is 3.66. The second-order valence-electron chi connectivity index (χ2n) is 7.34. The van der Waals surface area contributed by atoms with E-state index in [9.17, 15) is 9.59 Å². The van der Waals surface area contributed by atoms with E-state index in [2.05, 4.69) is 10.1 Å². The van der Waals surface area contributed by atoms with Gasteiger partial charge in [0.15, 0.2) is 11.4 Å². The van der Waals surface area contributed by atoms with Gasteiger partial charge in [-0.1, -0.05) is 0 Å². The highest BCUT2D eigenvalue weighted by Gasteiger charge is 2.30. The minimum atomic E-state index is -0.712. The molecule has 2 aromatic heterocycles. The molecule has 0 aromatic carbocycles. The van der Waals surface area contributed by atoms with Crippen LogP contribution >= 0.6 is 22.6 Å². The van der Waals surface area contributed by atoms with Crippen molar-refractivity contribution in [2.24, 2.45) is 5.41 Å². The van der Waals surface area contributed by atoms with E-state index >= 15 is 0 Å². The first-order valence-corrected chi connectivity index (χ1v) is 8.46. The molecule has 0 bridgehead atoms. The molecule has 2 heterocycles. The van der Waals surface area contributed by atoms with Gasteiger partial charge in [0.2, 0.25) is 0 Å². The van der Waals surface area contributed by atoms with Gasteiger partial charge in [0.25, 0.3) is 0 Å². The van der Waals surface area contributed by atoms with E-state index in [0.29, 0.717) is 3.70 Å². The Labute approximate surface area is 153 Å². The molecule has 8 heteroatoms. The second-order valence-corrected chi connectivity index (χ2v) is 8.45. The Morgan fingerprint density at radius 1 is 1.17 bits per heavy atom. The summed E-state index contributed by atoms with van der Waals surface area (Å²) in [4.78, 5) is 29.0. The molecule has 0 fully saturated rings. The van der Waals surface area contributed by atoms with Gasteiger partial charge in [-0.05, 0) is 64.1 Å². The largest absolute Gasteiger partial charge is 0.456 e. The minimum Gasteiger partial charge on any atom is -0.456 e. The van der Waals surface area contributed by atoms with E-state index < -0.39 is 23.0 Å². The lowest BCUT2D eigenvalue weighted by atomic mass is 9.97. The summed E-state index contributed by atoms with van der Waals surface area (Å²) in [7, 11) is 0. The van der Waals surface area contributed by atoms with Gasteiger partial charge < -0.3 is 9.47 Å². The predicted octanol–water partition coefficient (Wildman–Crippen LogP) is 3.24. The van der Waals surface area contributed by atoms with Gasteiger partial charge in [-0.15, -0.1) is 0 Å². The van der Waals surface area contributed by atoms with E-state index in [1.165, 1.54) is 10.8 Å². The van der Waals surface area contributed by atoms with Gasteiger partial charge in [-0.25, -0.2) is 14.3 Å². The topological polar surface area (TPSA) is 82.8 Å². The molecule has 0 unspecified atom stereocenters. The first-order valence-electron chi connectivity index (χ1n) is 7.38. The number of carbonyl (C=O) groups is 2. The van der Waals surface area contributed by atoms with Crippen molar-refractivity contribution in [1.29, 1.82) is 0 Å². The fraction of sp³-hybridized carbons (Fsp3) is 0.500. The molecule has 24 heavy (non-hydrogen) atoms. The number of aromatic nitrogens is 3. The van der Waals surface area contributed by atoms with Crippen molar-refractivity contribution < 1.29 is 19.1 Å². The Balaban J connectivity index is 2.59. The van der Waals surface area contributed by atoms with Crippen LogP contribution in [0.15, 0.2) is 12.4 Å². The molecule has 0 aliphatic heterocycles. The quantitative estimate of drug-likeness (QED) is 0.401. The molecule has 0 saturated heterocycles. The van der Waals surface area contributed by atoms with Crippen LogP contribution in [0.2, 0.25) is 0 Å². The molecule has 0 aliphatic carbocycles. The van der Waals surface area contributed by atoms with Crippen LogP contribution < -0.4 is 4.74 Å². The molecule has 2 rings (SSSR count). The summed E-state index contributed by atoms with van der Waals surface area (Å²) < 4.78 is 13.1. The maximum absolute atomic E-state index is 12.6. The van der Waals surface area contributed by atoms with Gasteiger partial charge in [0.1, 0.15) is 21.2 Å². The summed E-state index contributed by atoms with van der Waals surface area (Å²) >= 11 is 2.03. The van der Waals surface area contributed by atoms with Crippen molar-refractivity contribution in [3.05, 3.63) is 21.7 Å². The molecule has 7 nitrogen and oxygen atoms in total. The van der Waals surface area contributed by atoms with Crippen LogP contribution in [0, 0.1) is 9.12 Å². The second kappa shape index (κ2) is 6.30. The van der Waals surface area contributed by atoms with Crippen LogP contribution in [-0.2, 0) is 9.53 Å². The van der Waals surface area contributed by atoms with Crippen LogP contribution in [0.1, 0.15) is 51.9 Å². The summed E-state index contributed by atoms with van der Waals surface area (Å²) in [6.07, 6.45) is 1.33. The third-order valence-electron chi connectivity index (χ3n) is 2.89. The Kier molecular flexibility index (Phi) is 4.89. The Hall–Kier alpha value is -1.71. The number of ether oxygens (including phenoxy) is 2. The van der Waals surface area contributed by atoms with Crippen LogP contribution in [0.5, 0.6) is 5.75 Å². The molecule has 0 atom stereocenters. The zero-order chi connectivity index (χ0) is 18.3. The van der Waals surface area contributed by atoms with Gasteiger partial charge in [-0.3, -0.25) is 4.79 Å². The SMILES string of the molecule is CC(C)(C)OC(=O)c1c(OC(=O)C(C)(C)C)cc(I)n2ncnc12. The smallest absolute Gasteiger partial charge is 0.346 e. The number of nitrogens with zero attached hydrogens (tertiary/aromatic N) is 3. The first-order chi connectivity index (χ1) is 10.9. The summed E-state index contributed by atoms with van der Waals surface area (Å²) in [5, 5.41) is 4.08. The van der Waals surface area contributed by atoms with Crippen molar-refractivity contribution in [3.8, 4) is 5.75 Å². The van der Waals surface area contributed by atoms with Gasteiger partial charge in [0, 0.05) is 6.07 Å². The fourth-order valence-corrected chi connectivity index (χ4v) is 2.41. The highest BCUT2D eigenvalue weighted by atomic mass is 127. The standard InChI is InChI=1S/C16H20IN3O4/c1-15(2,3)14(22)23-9-7-10(17)20-12(18-8-19-20)11(9)13(21)24-16(4,5)6/h7-8H,1-6H3. The van der Waals surface area contributed by atoms with E-state index in [1.807, 2.05) is 22.6 Å². The van der Waals surface area contributed by atoms with Gasteiger partial charge in [-0.2, -0.15) is 5.10 Å². The number of carbonyl (C=O) groups excluding carboxylic acids is 2. The first kappa shape index (κ1) is 18.6. The molecule has 0 radical (unpaired) electrons. The number of halogens is 1. The molecule has 0 amide bonds. The molecule has 0 spiro atoms. The normalized spacial score (nSPS) is 12.3. The molecule has 0 aliphatic rings.